The van der Waals surface area contributed by atoms with Crippen LogP contribution in [0.3, 0.4) is 0 Å². The topological polar surface area (TPSA) is 69.4 Å². The molecule has 33 heavy (non-hydrogen) atoms. The van der Waals surface area contributed by atoms with Crippen molar-refractivity contribution in [1.29, 1.82) is 0 Å². The number of ether oxygens (including phenoxy) is 1. The molecule has 0 radical (unpaired) electrons. The molecule has 3 aliphatic rings. The first-order chi connectivity index (χ1) is 16.1. The van der Waals surface area contributed by atoms with Gasteiger partial charge in [0.05, 0.1) is 10.5 Å². The molecular weight excluding hydrogens is 414 g/mol. The number of Topliss-reactive ketones (excluding diaryl/α,β-unsaturated/α-hetero) is 1. The van der Waals surface area contributed by atoms with Crippen LogP contribution in [0.2, 0.25) is 0 Å². The number of fused-ring (bicyclic) bond motifs is 2. The van der Waals surface area contributed by atoms with Crippen molar-refractivity contribution in [3.05, 3.63) is 105 Å². The van der Waals surface area contributed by atoms with Crippen molar-refractivity contribution in [1.82, 2.24) is 0 Å². The fraction of sp³-hybridized carbons (Fsp3) is 0.321. The van der Waals surface area contributed by atoms with Crippen LogP contribution < -0.4 is 0 Å². The second-order valence-corrected chi connectivity index (χ2v) is 9.04. The fourth-order valence-electron chi connectivity index (χ4n) is 5.16. The Balaban J connectivity index is 1.65. The molecule has 0 amide bonds. The highest BCUT2D eigenvalue weighted by molar-refractivity contribution is 6.22. The number of nitro groups is 1. The van der Waals surface area contributed by atoms with Gasteiger partial charge in [-0.3, -0.25) is 14.9 Å². The molecule has 168 valence electrons. The molecule has 2 aromatic carbocycles. The molecule has 0 aromatic heterocycles. The van der Waals surface area contributed by atoms with Crippen molar-refractivity contribution in [3.8, 4) is 0 Å². The van der Waals surface area contributed by atoms with Crippen LogP contribution in [0, 0.1) is 10.1 Å². The Morgan fingerprint density at radius 3 is 2.67 bits per heavy atom. The van der Waals surface area contributed by atoms with Crippen molar-refractivity contribution in [2.24, 2.45) is 0 Å². The number of aryl methyl sites for hydroxylation is 1. The zero-order valence-electron chi connectivity index (χ0n) is 18.6. The maximum atomic E-state index is 12.9. The van der Waals surface area contributed by atoms with E-state index in [1.807, 2.05) is 18.2 Å². The van der Waals surface area contributed by atoms with E-state index in [9.17, 15) is 14.9 Å². The molecule has 1 atom stereocenters. The van der Waals surface area contributed by atoms with E-state index in [4.69, 9.17) is 4.74 Å². The minimum atomic E-state index is -0.864. The van der Waals surface area contributed by atoms with Crippen LogP contribution in [0.25, 0.3) is 5.57 Å². The summed E-state index contributed by atoms with van der Waals surface area (Å²) in [5.74, 6) is 0.788. The molecule has 5 heteroatoms. The first kappa shape index (κ1) is 21.4. The van der Waals surface area contributed by atoms with Crippen molar-refractivity contribution < 1.29 is 14.5 Å². The number of allylic oxidation sites excluding steroid dienone is 5. The van der Waals surface area contributed by atoms with Gasteiger partial charge in [-0.1, -0.05) is 48.1 Å². The Kier molecular flexibility index (Phi) is 5.71. The molecule has 0 saturated heterocycles. The van der Waals surface area contributed by atoms with Gasteiger partial charge >= 0.3 is 0 Å². The van der Waals surface area contributed by atoms with Gasteiger partial charge in [-0.05, 0) is 61.8 Å². The second kappa shape index (κ2) is 8.81. The summed E-state index contributed by atoms with van der Waals surface area (Å²) >= 11 is 0. The van der Waals surface area contributed by atoms with Crippen molar-refractivity contribution >= 4 is 17.0 Å². The number of ketones is 1. The summed E-state index contributed by atoms with van der Waals surface area (Å²) in [6.07, 6.45) is 13.0. The molecule has 1 heterocycles. The molecule has 1 aliphatic heterocycles. The summed E-state index contributed by atoms with van der Waals surface area (Å²) in [6.45, 7) is 0. The predicted molar refractivity (Wildman–Crippen MR) is 127 cm³/mol. The van der Waals surface area contributed by atoms with Crippen LogP contribution in [0.1, 0.15) is 61.6 Å². The van der Waals surface area contributed by atoms with Crippen LogP contribution in [-0.2, 0) is 21.6 Å². The van der Waals surface area contributed by atoms with Gasteiger partial charge in [-0.2, -0.15) is 0 Å². The lowest BCUT2D eigenvalue weighted by atomic mass is 9.76. The SMILES string of the molecule is O=C1CCCC2=C1c1ccc([N+](=O)[O-])cc1C(/C=C/C1=CCCC1)(CCc1ccccc1)O2. The minimum absolute atomic E-state index is 0.0160. The molecule has 5 nitrogen and oxygen atoms in total. The molecule has 1 unspecified atom stereocenters. The highest BCUT2D eigenvalue weighted by Crippen LogP contribution is 2.49. The molecule has 0 N–H and O–H groups in total. The molecular formula is C28H27NO4. The number of benzene rings is 2. The van der Waals surface area contributed by atoms with Crippen LogP contribution in [0.15, 0.2) is 78.1 Å². The summed E-state index contributed by atoms with van der Waals surface area (Å²) in [6, 6.07) is 15.1. The van der Waals surface area contributed by atoms with E-state index in [-0.39, 0.29) is 16.4 Å². The van der Waals surface area contributed by atoms with Crippen LogP contribution in [0.4, 0.5) is 5.69 Å². The lowest BCUT2D eigenvalue weighted by molar-refractivity contribution is -0.385. The van der Waals surface area contributed by atoms with E-state index < -0.39 is 5.60 Å². The number of nitrogens with zero attached hydrogens (tertiary/aromatic N) is 1. The average molecular weight is 442 g/mol. The maximum absolute atomic E-state index is 12.9. The number of non-ortho nitro benzene ring substituents is 1. The number of hydrogen-bond acceptors (Lipinski definition) is 4. The number of rotatable bonds is 6. The largest absolute Gasteiger partial charge is 0.482 e. The number of carbonyl (C=O) groups excluding carboxylic acids is 1. The van der Waals surface area contributed by atoms with Crippen LogP contribution >= 0.6 is 0 Å². The zero-order chi connectivity index (χ0) is 22.8. The van der Waals surface area contributed by atoms with Crippen molar-refractivity contribution in [3.63, 3.8) is 0 Å². The first-order valence-corrected chi connectivity index (χ1v) is 11.7. The summed E-state index contributed by atoms with van der Waals surface area (Å²) in [5.41, 5.74) is 3.71. The third kappa shape index (κ3) is 4.15. The highest BCUT2D eigenvalue weighted by atomic mass is 16.6. The molecule has 0 fully saturated rings. The molecule has 0 spiro atoms. The summed E-state index contributed by atoms with van der Waals surface area (Å²) in [4.78, 5) is 24.1. The van der Waals surface area contributed by atoms with Crippen molar-refractivity contribution in [2.45, 2.75) is 57.0 Å². The molecule has 0 bridgehead atoms. The second-order valence-electron chi connectivity index (χ2n) is 9.04. The molecule has 2 aliphatic carbocycles. The van der Waals surface area contributed by atoms with Gasteiger partial charge in [0, 0.05) is 30.5 Å². The standard InChI is InChI=1S/C28H27NO4/c30-25-11-6-12-26-27(25)23-14-13-22(29(31)32)19-24(23)28(33-26,18-16-21-9-4-5-10-21)17-15-20-7-2-1-3-8-20/h1-3,7-9,13-14,16,18-19H,4-6,10-12,15,17H2/b18-16+. The lowest BCUT2D eigenvalue weighted by Crippen LogP contribution is -2.35. The van der Waals surface area contributed by atoms with E-state index >= 15 is 0 Å². The van der Waals surface area contributed by atoms with E-state index in [1.54, 1.807) is 12.1 Å². The average Bonchev–Trinajstić information content (AvgIpc) is 3.36. The number of carbonyl (C=O) groups is 1. The first-order valence-electron chi connectivity index (χ1n) is 11.7. The van der Waals surface area contributed by atoms with Gasteiger partial charge in [-0.15, -0.1) is 0 Å². The van der Waals surface area contributed by atoms with E-state index in [1.165, 1.54) is 17.2 Å². The minimum Gasteiger partial charge on any atom is -0.482 e. The Morgan fingerprint density at radius 1 is 1.06 bits per heavy atom. The Bertz CT molecular complexity index is 1190. The molecule has 0 saturated carbocycles. The van der Waals surface area contributed by atoms with Gasteiger partial charge in [-0.25, -0.2) is 0 Å². The monoisotopic (exact) mass is 441 g/mol. The van der Waals surface area contributed by atoms with Crippen LogP contribution in [-0.4, -0.2) is 10.7 Å². The summed E-state index contributed by atoms with van der Waals surface area (Å²) in [5, 5.41) is 11.6. The van der Waals surface area contributed by atoms with E-state index in [2.05, 4.69) is 30.4 Å². The smallest absolute Gasteiger partial charge is 0.269 e. The predicted octanol–water partition coefficient (Wildman–Crippen LogP) is 6.58. The summed E-state index contributed by atoms with van der Waals surface area (Å²) < 4.78 is 6.71. The van der Waals surface area contributed by atoms with E-state index in [0.717, 1.165) is 49.0 Å². The van der Waals surface area contributed by atoms with Gasteiger partial charge in [0.15, 0.2) is 11.4 Å². The normalized spacial score (nSPS) is 22.1. The zero-order valence-corrected chi connectivity index (χ0v) is 18.6. The third-order valence-electron chi connectivity index (χ3n) is 6.88. The Labute approximate surface area is 193 Å². The molecule has 5 rings (SSSR count). The highest BCUT2D eigenvalue weighted by Gasteiger charge is 2.43. The molecule has 2 aromatic rings. The van der Waals surface area contributed by atoms with Gasteiger partial charge in [0.1, 0.15) is 5.76 Å². The number of nitro benzene ring substituents is 1. The quantitative estimate of drug-likeness (QED) is 0.375. The fourth-order valence-corrected chi connectivity index (χ4v) is 5.16. The van der Waals surface area contributed by atoms with Gasteiger partial charge in [0.2, 0.25) is 0 Å². The summed E-state index contributed by atoms with van der Waals surface area (Å²) in [7, 11) is 0. The van der Waals surface area contributed by atoms with E-state index in [0.29, 0.717) is 24.8 Å². The Hall–Kier alpha value is -3.47. The van der Waals surface area contributed by atoms with Crippen LogP contribution in [0.5, 0.6) is 0 Å². The lowest BCUT2D eigenvalue weighted by Gasteiger charge is -2.41. The third-order valence-corrected chi connectivity index (χ3v) is 6.88. The maximum Gasteiger partial charge on any atom is 0.269 e. The number of hydrogen-bond donors (Lipinski definition) is 0. The van der Waals surface area contributed by atoms with Gasteiger partial charge < -0.3 is 4.74 Å². The van der Waals surface area contributed by atoms with Gasteiger partial charge in [0.25, 0.3) is 5.69 Å². The Morgan fingerprint density at radius 2 is 1.91 bits per heavy atom. The van der Waals surface area contributed by atoms with Crippen molar-refractivity contribution in [2.75, 3.05) is 0 Å².